The number of carbonyl (C=O) groups is 2. The number of aromatic carboxylic acids is 1. The molecular formula is C24H26BrFN4O4. The topological polar surface area (TPSA) is 97.6 Å². The number of carbonyl (C=O) groups excluding carboxylic acids is 1. The molecule has 180 valence electrons. The molecule has 0 aliphatic heterocycles. The summed E-state index contributed by atoms with van der Waals surface area (Å²) in [6.07, 6.45) is 2.81. The molecule has 0 radical (unpaired) electrons. The van der Waals surface area contributed by atoms with Crippen LogP contribution in [-0.2, 0) is 24.4 Å². The van der Waals surface area contributed by atoms with Crippen LogP contribution in [0.15, 0.2) is 47.3 Å². The molecule has 0 saturated carbocycles. The Bertz CT molecular complexity index is 1190. The van der Waals surface area contributed by atoms with E-state index in [9.17, 15) is 19.1 Å². The van der Waals surface area contributed by atoms with Gasteiger partial charge >= 0.3 is 12.1 Å². The van der Waals surface area contributed by atoms with E-state index < -0.39 is 17.7 Å². The standard InChI is InChI=1S/C24H26BrFN4O4/c1-15-19(22(31)32)11-18(28-21(15)25)13-30(23(33)34-24(2,3)4)14-20-27-9-10-29(20)12-16-5-7-17(26)8-6-16/h5-11H,12-14H2,1-4H3,(H,31,32). The quantitative estimate of drug-likeness (QED) is 0.421. The van der Waals surface area contributed by atoms with E-state index in [0.717, 1.165) is 5.56 Å². The van der Waals surface area contributed by atoms with Gasteiger partial charge in [-0.25, -0.2) is 23.9 Å². The van der Waals surface area contributed by atoms with E-state index in [1.165, 1.54) is 23.1 Å². The van der Waals surface area contributed by atoms with Crippen molar-refractivity contribution in [2.75, 3.05) is 0 Å². The highest BCUT2D eigenvalue weighted by Crippen LogP contribution is 2.22. The minimum Gasteiger partial charge on any atom is -0.478 e. The van der Waals surface area contributed by atoms with Crippen LogP contribution in [0, 0.1) is 12.7 Å². The van der Waals surface area contributed by atoms with Gasteiger partial charge in [0, 0.05) is 18.9 Å². The average Bonchev–Trinajstić information content (AvgIpc) is 3.16. The van der Waals surface area contributed by atoms with Crippen LogP contribution in [-0.4, -0.2) is 42.2 Å². The van der Waals surface area contributed by atoms with E-state index in [1.807, 2.05) is 4.57 Å². The Balaban J connectivity index is 1.90. The van der Waals surface area contributed by atoms with Crippen molar-refractivity contribution in [3.63, 3.8) is 0 Å². The zero-order valence-electron chi connectivity index (χ0n) is 19.4. The lowest BCUT2D eigenvalue weighted by atomic mass is 10.1. The molecule has 0 bridgehead atoms. The van der Waals surface area contributed by atoms with Crippen molar-refractivity contribution >= 4 is 28.0 Å². The lowest BCUT2D eigenvalue weighted by Crippen LogP contribution is -2.37. The molecule has 2 aromatic heterocycles. The monoisotopic (exact) mass is 532 g/mol. The van der Waals surface area contributed by atoms with Gasteiger partial charge in [-0.15, -0.1) is 0 Å². The number of nitrogens with zero attached hydrogens (tertiary/aromatic N) is 4. The second-order valence-corrected chi connectivity index (χ2v) is 9.57. The zero-order valence-corrected chi connectivity index (χ0v) is 21.0. The van der Waals surface area contributed by atoms with Crippen LogP contribution in [0.2, 0.25) is 0 Å². The molecule has 0 fully saturated rings. The first-order valence-electron chi connectivity index (χ1n) is 10.5. The fourth-order valence-corrected chi connectivity index (χ4v) is 3.67. The first-order chi connectivity index (χ1) is 15.9. The Morgan fingerprint density at radius 1 is 1.21 bits per heavy atom. The summed E-state index contributed by atoms with van der Waals surface area (Å²) >= 11 is 3.30. The number of carboxylic acids is 1. The fourth-order valence-electron chi connectivity index (χ4n) is 3.23. The predicted octanol–water partition coefficient (Wildman–Crippen LogP) is 5.17. The second-order valence-electron chi connectivity index (χ2n) is 8.82. The van der Waals surface area contributed by atoms with E-state index in [4.69, 9.17) is 4.74 Å². The molecule has 8 nitrogen and oxygen atoms in total. The molecule has 3 aromatic rings. The van der Waals surface area contributed by atoms with E-state index in [2.05, 4.69) is 25.9 Å². The number of amides is 1. The fraction of sp³-hybridized carbons (Fsp3) is 0.333. The predicted molar refractivity (Wildman–Crippen MR) is 127 cm³/mol. The molecule has 0 saturated heterocycles. The lowest BCUT2D eigenvalue weighted by molar-refractivity contribution is 0.0207. The Morgan fingerprint density at radius 2 is 1.88 bits per heavy atom. The van der Waals surface area contributed by atoms with Gasteiger partial charge in [-0.05, 0) is 73.0 Å². The van der Waals surface area contributed by atoms with Gasteiger partial charge in [0.05, 0.1) is 24.3 Å². The van der Waals surface area contributed by atoms with Crippen molar-refractivity contribution in [3.8, 4) is 0 Å². The van der Waals surface area contributed by atoms with Gasteiger partial charge in [0.2, 0.25) is 0 Å². The third-order valence-corrected chi connectivity index (χ3v) is 5.67. The highest BCUT2D eigenvalue weighted by molar-refractivity contribution is 9.10. The smallest absolute Gasteiger partial charge is 0.411 e. The molecule has 1 aromatic carbocycles. The van der Waals surface area contributed by atoms with Crippen molar-refractivity contribution in [3.05, 3.63) is 81.4 Å². The summed E-state index contributed by atoms with van der Waals surface area (Å²) in [5.74, 6) is -0.816. The molecule has 1 amide bonds. The first-order valence-corrected chi connectivity index (χ1v) is 11.3. The van der Waals surface area contributed by atoms with Gasteiger partial charge in [-0.3, -0.25) is 4.90 Å². The Hall–Kier alpha value is -3.27. The maximum absolute atomic E-state index is 13.3. The van der Waals surface area contributed by atoms with Crippen molar-refractivity contribution in [2.24, 2.45) is 0 Å². The molecule has 0 aliphatic rings. The summed E-state index contributed by atoms with van der Waals surface area (Å²) in [5.41, 5.74) is 1.12. The number of hydrogen-bond donors (Lipinski definition) is 1. The molecule has 0 unspecified atom stereocenters. The SMILES string of the molecule is Cc1c(C(=O)O)cc(CN(Cc2nccn2Cc2ccc(F)cc2)C(=O)OC(C)(C)C)nc1Br. The molecule has 0 aliphatic carbocycles. The van der Waals surface area contributed by atoms with Crippen LogP contribution >= 0.6 is 15.9 Å². The molecule has 0 atom stereocenters. The van der Waals surface area contributed by atoms with Gasteiger partial charge in [0.1, 0.15) is 21.8 Å². The molecular weight excluding hydrogens is 507 g/mol. The highest BCUT2D eigenvalue weighted by atomic mass is 79.9. The van der Waals surface area contributed by atoms with Crippen LogP contribution in [0.25, 0.3) is 0 Å². The molecule has 3 rings (SSSR count). The van der Waals surface area contributed by atoms with Crippen LogP contribution < -0.4 is 0 Å². The summed E-state index contributed by atoms with van der Waals surface area (Å²) in [5, 5.41) is 9.52. The van der Waals surface area contributed by atoms with Gasteiger partial charge in [-0.2, -0.15) is 0 Å². The van der Waals surface area contributed by atoms with Gasteiger partial charge in [0.15, 0.2) is 0 Å². The molecule has 34 heavy (non-hydrogen) atoms. The van der Waals surface area contributed by atoms with E-state index in [-0.39, 0.29) is 24.5 Å². The first kappa shape index (κ1) is 25.4. The maximum atomic E-state index is 13.3. The van der Waals surface area contributed by atoms with Crippen LogP contribution in [0.4, 0.5) is 9.18 Å². The van der Waals surface area contributed by atoms with Crippen LogP contribution in [0.5, 0.6) is 0 Å². The number of imidazole rings is 1. The minimum absolute atomic E-state index is 0.0114. The zero-order chi connectivity index (χ0) is 25.0. The second kappa shape index (κ2) is 10.3. The van der Waals surface area contributed by atoms with Crippen molar-refractivity contribution < 1.29 is 23.8 Å². The summed E-state index contributed by atoms with van der Waals surface area (Å²) in [6, 6.07) is 7.60. The number of aromatic nitrogens is 3. The Labute approximate surface area is 205 Å². The van der Waals surface area contributed by atoms with Gasteiger partial charge in [-0.1, -0.05) is 12.1 Å². The molecule has 1 N–H and O–H groups in total. The number of ether oxygens (including phenoxy) is 1. The van der Waals surface area contributed by atoms with Crippen molar-refractivity contribution in [1.82, 2.24) is 19.4 Å². The number of carboxylic acid groups (broad SMARTS) is 1. The van der Waals surface area contributed by atoms with Crippen LogP contribution in [0.1, 0.15) is 53.8 Å². The Morgan fingerprint density at radius 3 is 2.50 bits per heavy atom. The average molecular weight is 533 g/mol. The summed E-state index contributed by atoms with van der Waals surface area (Å²) in [6.45, 7) is 7.50. The van der Waals surface area contributed by atoms with Crippen molar-refractivity contribution in [2.45, 2.75) is 52.9 Å². The largest absolute Gasteiger partial charge is 0.478 e. The van der Waals surface area contributed by atoms with Crippen LogP contribution in [0.3, 0.4) is 0 Å². The molecule has 0 spiro atoms. The number of halogens is 2. The lowest BCUT2D eigenvalue weighted by Gasteiger charge is -2.27. The number of rotatable bonds is 7. The molecule has 10 heteroatoms. The summed E-state index contributed by atoms with van der Waals surface area (Å²) in [4.78, 5) is 34.9. The van der Waals surface area contributed by atoms with Crippen molar-refractivity contribution in [1.29, 1.82) is 0 Å². The van der Waals surface area contributed by atoms with E-state index in [1.54, 1.807) is 52.2 Å². The minimum atomic E-state index is -1.08. The number of pyridine rings is 1. The van der Waals surface area contributed by atoms with Gasteiger partial charge in [0.25, 0.3) is 0 Å². The number of benzene rings is 1. The maximum Gasteiger partial charge on any atom is 0.411 e. The third-order valence-electron chi connectivity index (χ3n) is 4.90. The molecule has 2 heterocycles. The summed E-state index contributed by atoms with van der Waals surface area (Å²) < 4.78 is 21.1. The number of hydrogen-bond acceptors (Lipinski definition) is 5. The van der Waals surface area contributed by atoms with E-state index >= 15 is 0 Å². The highest BCUT2D eigenvalue weighted by Gasteiger charge is 2.25. The summed E-state index contributed by atoms with van der Waals surface area (Å²) in [7, 11) is 0. The third kappa shape index (κ3) is 6.63. The van der Waals surface area contributed by atoms with E-state index in [0.29, 0.717) is 28.2 Å². The normalized spacial score (nSPS) is 11.4. The Kier molecular flexibility index (Phi) is 7.71. The van der Waals surface area contributed by atoms with Gasteiger partial charge < -0.3 is 14.4 Å².